The number of rotatable bonds is 6. The van der Waals surface area contributed by atoms with Crippen LogP contribution in [0.3, 0.4) is 0 Å². The second-order valence-electron chi connectivity index (χ2n) is 11.1. The largest absolute Gasteiger partial charge is 0.490 e. The Morgan fingerprint density at radius 1 is 0.932 bits per heavy atom. The monoisotopic (exact) mass is 718 g/mol. The number of amides is 2. The van der Waals surface area contributed by atoms with E-state index in [1.807, 2.05) is 12.1 Å². The van der Waals surface area contributed by atoms with Crippen molar-refractivity contribution in [2.45, 2.75) is 44.0 Å². The molecule has 1 N–H and O–H groups in total. The van der Waals surface area contributed by atoms with E-state index in [1.54, 1.807) is 35.4 Å². The van der Waals surface area contributed by atoms with E-state index < -0.39 is 11.7 Å². The summed E-state index contributed by atoms with van der Waals surface area (Å²) >= 11 is 2.08. The second kappa shape index (κ2) is 12.7. The minimum Gasteiger partial charge on any atom is -0.490 e. The number of alkyl halides is 3. The highest BCUT2D eigenvalue weighted by Gasteiger charge is 2.31. The molecule has 2 aromatic heterocycles. The van der Waals surface area contributed by atoms with Crippen molar-refractivity contribution in [3.63, 3.8) is 0 Å². The summed E-state index contributed by atoms with van der Waals surface area (Å²) < 4.78 is 51.4. The van der Waals surface area contributed by atoms with Crippen LogP contribution in [-0.2, 0) is 6.18 Å². The molecule has 8 nitrogen and oxygen atoms in total. The molecule has 2 aliphatic heterocycles. The molecular formula is C32H30F3IN4O4. The third-order valence-electron chi connectivity index (χ3n) is 8.11. The fraction of sp³-hybridized carbons (Fsp3) is 0.344. The molecule has 0 saturated carbocycles. The zero-order chi connectivity index (χ0) is 30.8. The number of pyridine rings is 1. The number of halogens is 4. The molecule has 6 rings (SSSR count). The highest BCUT2D eigenvalue weighted by molar-refractivity contribution is 14.1. The van der Waals surface area contributed by atoms with Crippen molar-refractivity contribution < 1.29 is 31.9 Å². The first kappa shape index (κ1) is 30.2. The summed E-state index contributed by atoms with van der Waals surface area (Å²) in [5, 5.41) is 3.79. The van der Waals surface area contributed by atoms with Crippen LogP contribution in [0.15, 0.2) is 71.3 Å². The van der Waals surface area contributed by atoms with E-state index in [-0.39, 0.29) is 29.7 Å². The van der Waals surface area contributed by atoms with E-state index in [0.29, 0.717) is 55.9 Å². The van der Waals surface area contributed by atoms with E-state index in [9.17, 15) is 22.8 Å². The molecule has 4 aromatic rings. The van der Waals surface area contributed by atoms with Crippen molar-refractivity contribution in [1.29, 1.82) is 0 Å². The SMILES string of the molecule is O=C(NC1CCN(C(=O)c2ccnc(I)c2)CC1)c1cc2cc(OC3CCN(c4ccc(C(F)(F)F)cc4)CC3)ccc2o1. The van der Waals surface area contributed by atoms with Crippen molar-refractivity contribution >= 4 is 51.1 Å². The zero-order valence-electron chi connectivity index (χ0n) is 23.6. The van der Waals surface area contributed by atoms with E-state index in [4.69, 9.17) is 9.15 Å². The van der Waals surface area contributed by atoms with Gasteiger partial charge in [-0.1, -0.05) is 0 Å². The second-order valence-corrected chi connectivity index (χ2v) is 12.2. The molecule has 2 aromatic carbocycles. The van der Waals surface area contributed by atoms with Gasteiger partial charge in [-0.05, 0) is 96.1 Å². The Morgan fingerprint density at radius 3 is 2.34 bits per heavy atom. The lowest BCUT2D eigenvalue weighted by atomic mass is 10.0. The Labute approximate surface area is 265 Å². The fourth-order valence-electron chi connectivity index (χ4n) is 5.69. The molecule has 0 atom stereocenters. The van der Waals surface area contributed by atoms with Crippen LogP contribution in [0.2, 0.25) is 0 Å². The first-order chi connectivity index (χ1) is 21.1. The van der Waals surface area contributed by atoms with Gasteiger partial charge in [0.05, 0.1) is 5.56 Å². The third-order valence-corrected chi connectivity index (χ3v) is 8.70. The predicted octanol–water partition coefficient (Wildman–Crippen LogP) is 6.53. The van der Waals surface area contributed by atoms with E-state index in [2.05, 4.69) is 37.8 Å². The quantitative estimate of drug-likeness (QED) is 0.180. The lowest BCUT2D eigenvalue weighted by Crippen LogP contribution is -2.46. The minimum absolute atomic E-state index is 0.0323. The average Bonchev–Trinajstić information content (AvgIpc) is 3.45. The number of benzene rings is 2. The summed E-state index contributed by atoms with van der Waals surface area (Å²) in [6.07, 6.45) is -0.00280. The van der Waals surface area contributed by atoms with Gasteiger partial charge in [-0.25, -0.2) is 0 Å². The number of anilines is 1. The highest BCUT2D eigenvalue weighted by Crippen LogP contribution is 2.32. The smallest absolute Gasteiger partial charge is 0.416 e. The molecule has 4 heterocycles. The number of fused-ring (bicyclic) bond motifs is 1. The maximum Gasteiger partial charge on any atom is 0.416 e. The number of hydrogen-bond donors (Lipinski definition) is 1. The van der Waals surface area contributed by atoms with Crippen molar-refractivity contribution in [3.8, 4) is 5.75 Å². The van der Waals surface area contributed by atoms with Gasteiger partial charge in [0, 0.05) is 67.9 Å². The molecular weight excluding hydrogens is 688 g/mol. The number of carbonyl (C=O) groups is 2. The van der Waals surface area contributed by atoms with Gasteiger partial charge in [0.1, 0.15) is 21.1 Å². The molecule has 0 radical (unpaired) electrons. The van der Waals surface area contributed by atoms with Crippen LogP contribution in [0, 0.1) is 3.70 Å². The molecule has 2 amide bonds. The number of aromatic nitrogens is 1. The van der Waals surface area contributed by atoms with Gasteiger partial charge < -0.3 is 24.3 Å². The molecule has 0 bridgehead atoms. The van der Waals surface area contributed by atoms with Gasteiger partial charge in [-0.15, -0.1) is 0 Å². The maximum absolute atomic E-state index is 13.0. The summed E-state index contributed by atoms with van der Waals surface area (Å²) in [6, 6.07) is 15.8. The van der Waals surface area contributed by atoms with Gasteiger partial charge in [0.2, 0.25) is 0 Å². The van der Waals surface area contributed by atoms with Crippen molar-refractivity contribution in [1.82, 2.24) is 15.2 Å². The molecule has 44 heavy (non-hydrogen) atoms. The number of nitrogens with zero attached hydrogens (tertiary/aromatic N) is 3. The molecule has 0 spiro atoms. The lowest BCUT2D eigenvalue weighted by Gasteiger charge is -2.33. The first-order valence-corrected chi connectivity index (χ1v) is 15.5. The summed E-state index contributed by atoms with van der Waals surface area (Å²) in [7, 11) is 0. The predicted molar refractivity (Wildman–Crippen MR) is 167 cm³/mol. The first-order valence-electron chi connectivity index (χ1n) is 14.5. The number of piperidine rings is 2. The molecule has 0 aliphatic carbocycles. The standard InChI is InChI=1S/C32H30F3IN4O4/c33-32(34,35)22-1-3-24(4-2-22)39-15-10-25(11-16-39)43-26-5-6-27-21(17-26)18-28(44-27)30(41)38-23-8-13-40(14-9-23)31(42)20-7-12-37-29(36)19-20/h1-7,12,17-19,23,25H,8-11,13-16H2,(H,38,41). The average molecular weight is 719 g/mol. The summed E-state index contributed by atoms with van der Waals surface area (Å²) in [6.45, 7) is 2.44. The Hall–Kier alpha value is -3.81. The normalized spacial score (nSPS) is 16.7. The molecule has 230 valence electrons. The molecule has 0 unspecified atom stereocenters. The van der Waals surface area contributed by atoms with Gasteiger partial charge >= 0.3 is 6.18 Å². The number of likely N-dealkylation sites (tertiary alicyclic amines) is 1. The fourth-order valence-corrected chi connectivity index (χ4v) is 6.19. The van der Waals surface area contributed by atoms with Gasteiger partial charge in [-0.2, -0.15) is 13.2 Å². The maximum atomic E-state index is 13.0. The number of ether oxygens (including phenoxy) is 1. The Kier molecular flexibility index (Phi) is 8.70. The van der Waals surface area contributed by atoms with Crippen LogP contribution >= 0.6 is 22.6 Å². The van der Waals surface area contributed by atoms with Crippen LogP contribution in [0.5, 0.6) is 5.75 Å². The van der Waals surface area contributed by atoms with Crippen LogP contribution in [-0.4, -0.2) is 60.0 Å². The number of nitrogens with one attached hydrogen (secondary N) is 1. The van der Waals surface area contributed by atoms with Crippen LogP contribution in [0.4, 0.5) is 18.9 Å². The van der Waals surface area contributed by atoms with E-state index in [1.165, 1.54) is 12.1 Å². The highest BCUT2D eigenvalue weighted by atomic mass is 127. The van der Waals surface area contributed by atoms with Crippen molar-refractivity contribution in [2.24, 2.45) is 0 Å². The van der Waals surface area contributed by atoms with Crippen LogP contribution < -0.4 is 15.0 Å². The number of furan rings is 1. The molecule has 2 aliphatic rings. The molecule has 12 heteroatoms. The van der Waals surface area contributed by atoms with Crippen LogP contribution in [0.25, 0.3) is 11.0 Å². The van der Waals surface area contributed by atoms with Crippen LogP contribution in [0.1, 0.15) is 52.2 Å². The topological polar surface area (TPSA) is 87.9 Å². The Bertz CT molecular complexity index is 1640. The summed E-state index contributed by atoms with van der Waals surface area (Å²) in [5.74, 6) is 0.550. The number of carbonyl (C=O) groups excluding carboxylic acids is 2. The Balaban J connectivity index is 0.996. The van der Waals surface area contributed by atoms with Gasteiger partial charge in [0.25, 0.3) is 11.8 Å². The van der Waals surface area contributed by atoms with E-state index in [0.717, 1.165) is 39.7 Å². The van der Waals surface area contributed by atoms with Crippen molar-refractivity contribution in [3.05, 3.63) is 87.4 Å². The summed E-state index contributed by atoms with van der Waals surface area (Å²) in [5.41, 5.74) is 1.30. The minimum atomic E-state index is -4.35. The number of hydrogen-bond acceptors (Lipinski definition) is 6. The lowest BCUT2D eigenvalue weighted by molar-refractivity contribution is -0.137. The summed E-state index contributed by atoms with van der Waals surface area (Å²) in [4.78, 5) is 33.8. The van der Waals surface area contributed by atoms with E-state index >= 15 is 0 Å². The van der Waals surface area contributed by atoms with Gasteiger partial charge in [-0.3, -0.25) is 14.6 Å². The Morgan fingerprint density at radius 2 is 1.66 bits per heavy atom. The molecule has 2 saturated heterocycles. The third kappa shape index (κ3) is 6.95. The van der Waals surface area contributed by atoms with Crippen molar-refractivity contribution in [2.75, 3.05) is 31.1 Å². The zero-order valence-corrected chi connectivity index (χ0v) is 25.8. The van der Waals surface area contributed by atoms with Gasteiger partial charge in [0.15, 0.2) is 5.76 Å². The molecule has 2 fully saturated rings.